The number of carbonyl (C=O) groups excluding carboxylic acids is 1. The van der Waals surface area contributed by atoms with Crippen LogP contribution in [0.3, 0.4) is 0 Å². The van der Waals surface area contributed by atoms with Crippen molar-refractivity contribution in [2.24, 2.45) is 0 Å². The molecule has 6 nitrogen and oxygen atoms in total. The number of amides is 1. The Balaban J connectivity index is 2.26. The van der Waals surface area contributed by atoms with Crippen LogP contribution in [0.4, 0.5) is 16.3 Å². The van der Waals surface area contributed by atoms with Crippen LogP contribution in [-0.4, -0.2) is 22.4 Å². The smallest absolute Gasteiger partial charge is 0.148 e. The number of hydrogen-bond acceptors (Lipinski definition) is 4. The predicted molar refractivity (Wildman–Crippen MR) is 44.4 cm³/mol. The van der Waals surface area contributed by atoms with E-state index in [0.717, 1.165) is 25.3 Å². The van der Waals surface area contributed by atoms with Crippen molar-refractivity contribution in [3.8, 4) is 0 Å². The summed E-state index contributed by atoms with van der Waals surface area (Å²) < 4.78 is 1.73. The van der Waals surface area contributed by atoms with Crippen LogP contribution in [0.25, 0.3) is 0 Å². The normalized spacial score (nSPS) is 14.5. The Hall–Kier alpha value is -1.72. The molecule has 0 bridgehead atoms. The first-order valence-corrected chi connectivity index (χ1v) is 4.05. The lowest BCUT2D eigenvalue weighted by Crippen LogP contribution is -2.29. The Labute approximate surface area is 74.5 Å². The van der Waals surface area contributed by atoms with Gasteiger partial charge in [-0.3, -0.25) is 0 Å². The Morgan fingerprint density at radius 2 is 2.62 bits per heavy atom. The Morgan fingerprint density at radius 1 is 1.77 bits per heavy atom. The highest BCUT2D eigenvalue weighted by atomic mass is 16.4. The molecule has 0 saturated carbocycles. The average molecular weight is 181 g/mol. The molecule has 0 fully saturated rings. The van der Waals surface area contributed by atoms with Crippen molar-refractivity contribution in [3.63, 3.8) is 0 Å². The highest BCUT2D eigenvalue weighted by Gasteiger charge is 2.13. The zero-order valence-electron chi connectivity index (χ0n) is 6.91. The van der Waals surface area contributed by atoms with Gasteiger partial charge in [-0.2, -0.15) is 5.10 Å². The van der Waals surface area contributed by atoms with Gasteiger partial charge in [0.25, 0.3) is 0 Å². The van der Waals surface area contributed by atoms with E-state index in [1.807, 2.05) is 0 Å². The Morgan fingerprint density at radius 3 is 3.38 bits per heavy atom. The molecule has 6 heteroatoms. The molecule has 1 aromatic rings. The third-order valence-corrected chi connectivity index (χ3v) is 1.92. The van der Waals surface area contributed by atoms with E-state index in [2.05, 4.69) is 15.7 Å². The number of rotatable bonds is 1. The monoisotopic (exact) mass is 181 g/mol. The van der Waals surface area contributed by atoms with Gasteiger partial charge in [0.2, 0.25) is 0 Å². The van der Waals surface area contributed by atoms with Gasteiger partial charge in [0.1, 0.15) is 17.6 Å². The molecular weight excluding hydrogens is 172 g/mol. The molecule has 13 heavy (non-hydrogen) atoms. The number of nitrogens with zero attached hydrogens (tertiary/aromatic N) is 2. The summed E-state index contributed by atoms with van der Waals surface area (Å²) in [4.78, 5) is 10.3. The molecule has 0 aromatic carbocycles. The summed E-state index contributed by atoms with van der Waals surface area (Å²) in [5.41, 5.74) is 0.458. The van der Waals surface area contributed by atoms with Gasteiger partial charge in [-0.25, -0.2) is 4.68 Å². The van der Waals surface area contributed by atoms with Crippen LogP contribution >= 0.6 is 0 Å². The number of fused-ring (bicyclic) bond motifs is 1. The van der Waals surface area contributed by atoms with Gasteiger partial charge in [0.15, 0.2) is 0 Å². The molecule has 0 spiro atoms. The first-order valence-electron chi connectivity index (χ1n) is 4.05. The predicted octanol–water partition coefficient (Wildman–Crippen LogP) is -0.546. The lowest BCUT2D eigenvalue weighted by Gasteiger charge is -2.17. The van der Waals surface area contributed by atoms with Gasteiger partial charge >= 0.3 is 0 Å². The van der Waals surface area contributed by atoms with Crippen LogP contribution in [0, 0.1) is 0 Å². The number of carboxylic acid groups (broad SMARTS) is 1. The molecule has 0 radical (unpaired) electrons. The highest BCUT2D eigenvalue weighted by Crippen LogP contribution is 2.23. The van der Waals surface area contributed by atoms with Gasteiger partial charge in [0, 0.05) is 13.1 Å². The second-order valence-corrected chi connectivity index (χ2v) is 2.82. The van der Waals surface area contributed by atoms with Gasteiger partial charge in [0.05, 0.1) is 6.20 Å². The van der Waals surface area contributed by atoms with E-state index >= 15 is 0 Å². The molecule has 0 aliphatic carbocycles. The van der Waals surface area contributed by atoms with Crippen molar-refractivity contribution in [2.45, 2.75) is 13.0 Å². The molecule has 1 aromatic heterocycles. The van der Waals surface area contributed by atoms with Crippen LogP contribution < -0.4 is 15.7 Å². The van der Waals surface area contributed by atoms with E-state index in [0.29, 0.717) is 5.69 Å². The van der Waals surface area contributed by atoms with Crippen LogP contribution in [0.1, 0.15) is 6.42 Å². The lowest BCUT2D eigenvalue weighted by atomic mass is 10.3. The number of aromatic nitrogens is 2. The van der Waals surface area contributed by atoms with E-state index in [1.54, 1.807) is 4.68 Å². The maximum absolute atomic E-state index is 10.3. The Bertz CT molecular complexity index is 333. The van der Waals surface area contributed by atoms with Gasteiger partial charge in [-0.15, -0.1) is 0 Å². The van der Waals surface area contributed by atoms with Crippen LogP contribution in [-0.2, 0) is 6.54 Å². The molecule has 70 valence electrons. The van der Waals surface area contributed by atoms with E-state index < -0.39 is 6.09 Å². The number of nitrogens with one attached hydrogen (secondary N) is 2. The van der Waals surface area contributed by atoms with Crippen molar-refractivity contribution >= 4 is 17.6 Å². The second-order valence-electron chi connectivity index (χ2n) is 2.82. The molecule has 0 unspecified atom stereocenters. The first-order chi connectivity index (χ1) is 6.27. The van der Waals surface area contributed by atoms with Gasteiger partial charge in [-0.1, -0.05) is 0 Å². The molecule has 2 rings (SSSR count). The van der Waals surface area contributed by atoms with Crippen molar-refractivity contribution < 1.29 is 9.90 Å². The van der Waals surface area contributed by atoms with Crippen molar-refractivity contribution in [1.82, 2.24) is 9.78 Å². The molecule has 2 N–H and O–H groups in total. The average Bonchev–Trinajstić information content (AvgIpc) is 2.48. The molecule has 2 heterocycles. The maximum Gasteiger partial charge on any atom is 0.148 e. The van der Waals surface area contributed by atoms with Crippen molar-refractivity contribution in [2.75, 3.05) is 17.2 Å². The number of hydrogen-bond donors (Lipinski definition) is 2. The molecule has 1 aliphatic rings. The van der Waals surface area contributed by atoms with Gasteiger partial charge < -0.3 is 20.5 Å². The minimum atomic E-state index is -1.32. The SMILES string of the molecule is O=C([O-])Nc1cnn2c1NCCC2. The Kier molecular flexibility index (Phi) is 1.80. The fraction of sp³-hybridized carbons (Fsp3) is 0.429. The number of carbonyl (C=O) groups is 1. The summed E-state index contributed by atoms with van der Waals surface area (Å²) in [7, 11) is 0. The molecular formula is C7H9N4O2-. The molecule has 0 atom stereocenters. The topological polar surface area (TPSA) is 82.0 Å². The fourth-order valence-electron chi connectivity index (χ4n) is 1.38. The summed E-state index contributed by atoms with van der Waals surface area (Å²) in [6.45, 7) is 1.66. The zero-order valence-corrected chi connectivity index (χ0v) is 6.91. The van der Waals surface area contributed by atoms with Gasteiger partial charge in [-0.05, 0) is 6.42 Å². The maximum atomic E-state index is 10.3. The summed E-state index contributed by atoms with van der Waals surface area (Å²) >= 11 is 0. The minimum Gasteiger partial charge on any atom is -0.530 e. The summed E-state index contributed by atoms with van der Waals surface area (Å²) in [5, 5.41) is 19.5. The lowest BCUT2D eigenvalue weighted by molar-refractivity contribution is -0.242. The quantitative estimate of drug-likeness (QED) is 0.609. The van der Waals surface area contributed by atoms with Crippen molar-refractivity contribution in [1.29, 1.82) is 0 Å². The number of anilines is 2. The largest absolute Gasteiger partial charge is 0.530 e. The zero-order chi connectivity index (χ0) is 9.26. The summed E-state index contributed by atoms with van der Waals surface area (Å²) in [6.07, 6.45) is 1.16. The molecule has 1 amide bonds. The third kappa shape index (κ3) is 1.42. The van der Waals surface area contributed by atoms with Crippen molar-refractivity contribution in [3.05, 3.63) is 6.20 Å². The van der Waals surface area contributed by atoms with Crippen LogP contribution in [0.15, 0.2) is 6.20 Å². The minimum absolute atomic E-state index is 0.458. The number of aryl methyl sites for hydroxylation is 1. The fourth-order valence-corrected chi connectivity index (χ4v) is 1.38. The van der Waals surface area contributed by atoms with Crippen LogP contribution in [0.5, 0.6) is 0 Å². The van der Waals surface area contributed by atoms with E-state index in [9.17, 15) is 9.90 Å². The highest BCUT2D eigenvalue weighted by molar-refractivity contribution is 5.85. The first kappa shape index (κ1) is 7.90. The second kappa shape index (κ2) is 2.96. The standard InChI is InChI=1S/C7H10N4O2/c12-7(13)10-5-4-9-11-3-1-2-8-6(5)11/h4,8,10H,1-3H2,(H,12,13)/p-1. The van der Waals surface area contributed by atoms with E-state index in [1.165, 1.54) is 6.20 Å². The van der Waals surface area contributed by atoms with E-state index in [4.69, 9.17) is 0 Å². The summed E-state index contributed by atoms with van der Waals surface area (Å²) in [5.74, 6) is 0.718. The summed E-state index contributed by atoms with van der Waals surface area (Å²) in [6, 6.07) is 0. The third-order valence-electron chi connectivity index (χ3n) is 1.92. The molecule has 1 aliphatic heterocycles. The van der Waals surface area contributed by atoms with E-state index in [-0.39, 0.29) is 0 Å². The molecule has 0 saturated heterocycles. The van der Waals surface area contributed by atoms with Crippen LogP contribution in [0.2, 0.25) is 0 Å².